The minimum absolute atomic E-state index is 0.00616. The van der Waals surface area contributed by atoms with E-state index < -0.39 is 10.1 Å². The van der Waals surface area contributed by atoms with E-state index in [1.54, 1.807) is 0 Å². The second-order valence-corrected chi connectivity index (χ2v) is 3.88. The summed E-state index contributed by atoms with van der Waals surface area (Å²) in [7, 11) is -3.39. The van der Waals surface area contributed by atoms with Gasteiger partial charge in [-0.1, -0.05) is 0 Å². The van der Waals surface area contributed by atoms with Gasteiger partial charge in [-0.15, -0.1) is 20.4 Å². The minimum Gasteiger partial charge on any atom is -0.270 e. The van der Waals surface area contributed by atoms with E-state index in [1.807, 2.05) is 0 Å². The Balaban J connectivity index is 2.37. The molecule has 7 nitrogen and oxygen atoms in total. The molecule has 1 heterocycles. The molecular weight excluding hydrogens is 196 g/mol. The Morgan fingerprint density at radius 3 is 2.54 bits per heavy atom. The Kier molecular flexibility index (Phi) is 3.20. The molecule has 72 valence electrons. The molecular formula is C5H8N4O3S. The van der Waals surface area contributed by atoms with Crippen molar-refractivity contribution in [3.8, 4) is 0 Å². The summed E-state index contributed by atoms with van der Waals surface area (Å²) in [5, 5.41) is 14.1. The van der Waals surface area contributed by atoms with Gasteiger partial charge < -0.3 is 0 Å². The van der Waals surface area contributed by atoms with E-state index in [0.29, 0.717) is 5.82 Å². The molecule has 0 aliphatic carbocycles. The van der Waals surface area contributed by atoms with Gasteiger partial charge in [-0.2, -0.15) is 8.42 Å². The van der Waals surface area contributed by atoms with Gasteiger partial charge in [0.1, 0.15) is 0 Å². The van der Waals surface area contributed by atoms with Crippen molar-refractivity contribution in [2.75, 3.05) is 12.9 Å². The van der Waals surface area contributed by atoms with Gasteiger partial charge in [-0.05, 0) is 0 Å². The van der Waals surface area contributed by atoms with Crippen molar-refractivity contribution in [2.45, 2.75) is 6.42 Å². The van der Waals surface area contributed by atoms with E-state index in [1.165, 1.54) is 6.33 Å². The molecule has 0 radical (unpaired) electrons. The molecule has 0 aliphatic rings. The number of nitrogens with zero attached hydrogens (tertiary/aromatic N) is 4. The minimum atomic E-state index is -3.39. The van der Waals surface area contributed by atoms with Crippen molar-refractivity contribution in [1.29, 1.82) is 0 Å². The van der Waals surface area contributed by atoms with Gasteiger partial charge >= 0.3 is 0 Å². The van der Waals surface area contributed by atoms with Gasteiger partial charge in [0, 0.05) is 6.42 Å². The molecule has 0 atom stereocenters. The van der Waals surface area contributed by atoms with Gasteiger partial charge in [0.05, 0.1) is 12.9 Å². The molecule has 13 heavy (non-hydrogen) atoms. The van der Waals surface area contributed by atoms with Crippen molar-refractivity contribution in [1.82, 2.24) is 20.4 Å². The molecule has 0 unspecified atom stereocenters. The van der Waals surface area contributed by atoms with Crippen LogP contribution in [0.5, 0.6) is 0 Å². The normalized spacial score (nSPS) is 11.5. The van der Waals surface area contributed by atoms with E-state index >= 15 is 0 Å². The lowest BCUT2D eigenvalue weighted by Crippen LogP contribution is -2.09. The summed E-state index contributed by atoms with van der Waals surface area (Å²) in [4.78, 5) is 0. The maximum atomic E-state index is 10.5. The van der Waals surface area contributed by atoms with Crippen LogP contribution in [0.25, 0.3) is 0 Å². The molecule has 0 aromatic carbocycles. The lowest BCUT2D eigenvalue weighted by molar-refractivity contribution is 0.322. The zero-order chi connectivity index (χ0) is 9.73. The average molecular weight is 204 g/mol. The topological polar surface area (TPSA) is 94.9 Å². The summed E-state index contributed by atoms with van der Waals surface area (Å²) in [6, 6.07) is 0. The molecule has 0 spiro atoms. The Morgan fingerprint density at radius 1 is 1.38 bits per heavy atom. The van der Waals surface area contributed by atoms with Crippen LogP contribution in [0.2, 0.25) is 0 Å². The smallest absolute Gasteiger partial charge is 0.264 e. The molecule has 1 rings (SSSR count). The number of hydrogen-bond donors (Lipinski definition) is 0. The fourth-order valence-electron chi connectivity index (χ4n) is 0.612. The number of rotatable bonds is 4. The van der Waals surface area contributed by atoms with Crippen LogP contribution in [0.1, 0.15) is 5.82 Å². The van der Waals surface area contributed by atoms with Crippen LogP contribution in [0, 0.1) is 0 Å². The molecule has 0 N–H and O–H groups in total. The molecule has 1 aromatic rings. The molecule has 0 amide bonds. The van der Waals surface area contributed by atoms with Crippen molar-refractivity contribution < 1.29 is 12.6 Å². The van der Waals surface area contributed by atoms with Crippen molar-refractivity contribution in [2.24, 2.45) is 0 Å². The first-order valence-corrected chi connectivity index (χ1v) is 5.23. The highest BCUT2D eigenvalue weighted by Crippen LogP contribution is 1.91. The second kappa shape index (κ2) is 4.19. The van der Waals surface area contributed by atoms with E-state index in [9.17, 15) is 8.42 Å². The molecule has 0 fully saturated rings. The molecule has 0 aliphatic heterocycles. The molecule has 1 aromatic heterocycles. The third-order valence-corrected chi connectivity index (χ3v) is 1.67. The fraction of sp³-hybridized carbons (Fsp3) is 0.600. The highest BCUT2D eigenvalue weighted by Gasteiger charge is 2.03. The third-order valence-electron chi connectivity index (χ3n) is 1.07. The number of aromatic nitrogens is 4. The first-order chi connectivity index (χ1) is 6.08. The Bertz CT molecular complexity index is 351. The van der Waals surface area contributed by atoms with Crippen LogP contribution in [-0.2, 0) is 20.7 Å². The Hall–Kier alpha value is -1.15. The summed E-state index contributed by atoms with van der Waals surface area (Å²) in [5.41, 5.74) is 0. The van der Waals surface area contributed by atoms with E-state index in [4.69, 9.17) is 0 Å². The van der Waals surface area contributed by atoms with Gasteiger partial charge in [0.15, 0.2) is 12.2 Å². The van der Waals surface area contributed by atoms with E-state index in [-0.39, 0.29) is 13.0 Å². The largest absolute Gasteiger partial charge is 0.270 e. The summed E-state index contributed by atoms with van der Waals surface area (Å²) < 4.78 is 25.5. The van der Waals surface area contributed by atoms with Gasteiger partial charge in [-0.3, -0.25) is 4.18 Å². The lowest BCUT2D eigenvalue weighted by atomic mass is 10.4. The van der Waals surface area contributed by atoms with E-state index in [0.717, 1.165) is 6.26 Å². The van der Waals surface area contributed by atoms with Crippen LogP contribution in [0.4, 0.5) is 0 Å². The number of hydrogen-bond acceptors (Lipinski definition) is 7. The predicted molar refractivity (Wildman–Crippen MR) is 42.1 cm³/mol. The second-order valence-electron chi connectivity index (χ2n) is 2.24. The molecule has 8 heteroatoms. The van der Waals surface area contributed by atoms with Gasteiger partial charge in [-0.25, -0.2) is 0 Å². The highest BCUT2D eigenvalue weighted by molar-refractivity contribution is 7.85. The van der Waals surface area contributed by atoms with Gasteiger partial charge in [0.2, 0.25) is 0 Å². The summed E-state index contributed by atoms with van der Waals surface area (Å²) in [6.45, 7) is 0.00616. The SMILES string of the molecule is CS(=O)(=O)OCCc1nncnn1. The van der Waals surface area contributed by atoms with Crippen molar-refractivity contribution in [3.63, 3.8) is 0 Å². The quantitative estimate of drug-likeness (QED) is 0.567. The summed E-state index contributed by atoms with van der Waals surface area (Å²) in [5.74, 6) is 0.353. The Labute approximate surface area is 75.3 Å². The van der Waals surface area contributed by atoms with Gasteiger partial charge in [0.25, 0.3) is 10.1 Å². The summed E-state index contributed by atoms with van der Waals surface area (Å²) >= 11 is 0. The first-order valence-electron chi connectivity index (χ1n) is 3.41. The molecule has 0 bridgehead atoms. The fourth-order valence-corrected chi connectivity index (χ4v) is 0.998. The van der Waals surface area contributed by atoms with Crippen LogP contribution >= 0.6 is 0 Å². The highest BCUT2D eigenvalue weighted by atomic mass is 32.2. The average Bonchev–Trinajstić information content (AvgIpc) is 2.04. The zero-order valence-electron chi connectivity index (χ0n) is 6.91. The maximum absolute atomic E-state index is 10.5. The Morgan fingerprint density at radius 2 is 2.00 bits per heavy atom. The predicted octanol–water partition coefficient (Wildman–Crippen LogP) is -1.21. The molecule has 0 saturated heterocycles. The lowest BCUT2D eigenvalue weighted by Gasteiger charge is -1.97. The monoisotopic (exact) mass is 204 g/mol. The van der Waals surface area contributed by atoms with Crippen LogP contribution in [0.3, 0.4) is 0 Å². The van der Waals surface area contributed by atoms with E-state index in [2.05, 4.69) is 24.6 Å². The third kappa shape index (κ3) is 4.43. The first kappa shape index (κ1) is 9.93. The standard InChI is InChI=1S/C5H8N4O3S/c1-13(10,11)12-3-2-5-8-6-4-7-9-5/h4H,2-3H2,1H3. The van der Waals surface area contributed by atoms with Crippen LogP contribution in [0.15, 0.2) is 6.33 Å². The van der Waals surface area contributed by atoms with Crippen LogP contribution in [-0.4, -0.2) is 41.7 Å². The molecule has 0 saturated carbocycles. The maximum Gasteiger partial charge on any atom is 0.264 e. The summed E-state index contributed by atoms with van der Waals surface area (Å²) in [6.07, 6.45) is 2.45. The van der Waals surface area contributed by atoms with Crippen LogP contribution < -0.4 is 0 Å². The zero-order valence-corrected chi connectivity index (χ0v) is 7.73. The van der Waals surface area contributed by atoms with Crippen molar-refractivity contribution in [3.05, 3.63) is 12.2 Å². The van der Waals surface area contributed by atoms with Crippen molar-refractivity contribution >= 4 is 10.1 Å².